The second-order valence-corrected chi connectivity index (χ2v) is 5.70. The summed E-state index contributed by atoms with van der Waals surface area (Å²) in [6.07, 6.45) is 3.82. The lowest BCUT2D eigenvalue weighted by molar-refractivity contribution is -0.118. The molecular formula is C18H19N3O2. The lowest BCUT2D eigenvalue weighted by Gasteiger charge is -2.09. The zero-order chi connectivity index (χ0) is 16.4. The van der Waals surface area contributed by atoms with Crippen molar-refractivity contribution < 1.29 is 9.53 Å². The molecule has 0 aliphatic heterocycles. The third-order valence-electron chi connectivity index (χ3n) is 3.43. The number of imidazole rings is 1. The van der Waals surface area contributed by atoms with Gasteiger partial charge in [-0.05, 0) is 56.2 Å². The molecule has 3 aromatic rings. The van der Waals surface area contributed by atoms with Crippen molar-refractivity contribution in [2.24, 2.45) is 0 Å². The SMILES string of the molecule is Cc1cc(C)cc(NC(=O)COc2cccn3cc(C)nc23)c1. The maximum absolute atomic E-state index is 12.1. The van der Waals surface area contributed by atoms with E-state index in [4.69, 9.17) is 4.74 Å². The zero-order valence-corrected chi connectivity index (χ0v) is 13.5. The van der Waals surface area contributed by atoms with E-state index in [0.717, 1.165) is 22.5 Å². The van der Waals surface area contributed by atoms with E-state index in [1.807, 2.05) is 61.8 Å². The van der Waals surface area contributed by atoms with Gasteiger partial charge in [-0.25, -0.2) is 4.98 Å². The molecule has 0 fully saturated rings. The first-order chi connectivity index (χ1) is 11.0. The van der Waals surface area contributed by atoms with Crippen LogP contribution in [0.4, 0.5) is 5.69 Å². The lowest BCUT2D eigenvalue weighted by atomic mass is 10.1. The number of hydrogen-bond donors (Lipinski definition) is 1. The Labute approximate surface area is 134 Å². The molecule has 0 bridgehead atoms. The van der Waals surface area contributed by atoms with Crippen LogP contribution in [-0.4, -0.2) is 21.9 Å². The van der Waals surface area contributed by atoms with E-state index in [0.29, 0.717) is 11.4 Å². The molecular weight excluding hydrogens is 290 g/mol. The van der Waals surface area contributed by atoms with Crippen molar-refractivity contribution in [3.8, 4) is 5.75 Å². The van der Waals surface area contributed by atoms with E-state index in [-0.39, 0.29) is 12.5 Å². The lowest BCUT2D eigenvalue weighted by Crippen LogP contribution is -2.20. The Kier molecular flexibility index (Phi) is 4.02. The molecule has 0 aliphatic rings. The molecule has 3 rings (SSSR count). The molecule has 118 valence electrons. The summed E-state index contributed by atoms with van der Waals surface area (Å²) >= 11 is 0. The van der Waals surface area contributed by atoms with Crippen LogP contribution in [-0.2, 0) is 4.79 Å². The van der Waals surface area contributed by atoms with Gasteiger partial charge in [0, 0.05) is 18.1 Å². The molecule has 0 atom stereocenters. The van der Waals surface area contributed by atoms with Crippen LogP contribution in [0.25, 0.3) is 5.65 Å². The zero-order valence-electron chi connectivity index (χ0n) is 13.5. The van der Waals surface area contributed by atoms with E-state index in [9.17, 15) is 4.79 Å². The number of hydrogen-bond acceptors (Lipinski definition) is 3. The maximum Gasteiger partial charge on any atom is 0.262 e. The van der Waals surface area contributed by atoms with E-state index in [2.05, 4.69) is 16.4 Å². The van der Waals surface area contributed by atoms with Crippen molar-refractivity contribution in [3.05, 3.63) is 59.5 Å². The van der Waals surface area contributed by atoms with Gasteiger partial charge in [0.1, 0.15) is 0 Å². The summed E-state index contributed by atoms with van der Waals surface area (Å²) in [5.41, 5.74) is 4.62. The van der Waals surface area contributed by atoms with E-state index < -0.39 is 0 Å². The first-order valence-electron chi connectivity index (χ1n) is 7.46. The summed E-state index contributed by atoms with van der Waals surface area (Å²) in [6, 6.07) is 9.61. The third-order valence-corrected chi connectivity index (χ3v) is 3.43. The molecule has 1 amide bonds. The van der Waals surface area contributed by atoms with Gasteiger partial charge in [0.25, 0.3) is 5.91 Å². The summed E-state index contributed by atoms with van der Waals surface area (Å²) in [5, 5.41) is 2.86. The first kappa shape index (κ1) is 15.1. The predicted molar refractivity (Wildman–Crippen MR) is 90.0 cm³/mol. The van der Waals surface area contributed by atoms with Gasteiger partial charge >= 0.3 is 0 Å². The Morgan fingerprint density at radius 3 is 2.70 bits per heavy atom. The highest BCUT2D eigenvalue weighted by atomic mass is 16.5. The van der Waals surface area contributed by atoms with Crippen molar-refractivity contribution in [2.75, 3.05) is 11.9 Å². The fraction of sp³-hybridized carbons (Fsp3) is 0.222. The second-order valence-electron chi connectivity index (χ2n) is 5.70. The highest BCUT2D eigenvalue weighted by Gasteiger charge is 2.09. The number of anilines is 1. The van der Waals surface area contributed by atoms with Crippen molar-refractivity contribution in [2.45, 2.75) is 20.8 Å². The number of rotatable bonds is 4. The predicted octanol–water partition coefficient (Wildman–Crippen LogP) is 3.28. The number of benzene rings is 1. The molecule has 1 N–H and O–H groups in total. The van der Waals surface area contributed by atoms with Gasteiger partial charge in [-0.1, -0.05) is 6.07 Å². The van der Waals surface area contributed by atoms with Gasteiger partial charge in [0.05, 0.1) is 5.69 Å². The van der Waals surface area contributed by atoms with Gasteiger partial charge in [0.15, 0.2) is 18.0 Å². The maximum atomic E-state index is 12.1. The number of fused-ring (bicyclic) bond motifs is 1. The number of carbonyl (C=O) groups excluding carboxylic acids is 1. The van der Waals surface area contributed by atoms with Crippen LogP contribution in [0.3, 0.4) is 0 Å². The molecule has 2 aromatic heterocycles. The Morgan fingerprint density at radius 1 is 1.22 bits per heavy atom. The number of nitrogens with one attached hydrogen (secondary N) is 1. The average Bonchev–Trinajstić information content (AvgIpc) is 2.84. The van der Waals surface area contributed by atoms with Gasteiger partial charge < -0.3 is 14.5 Å². The van der Waals surface area contributed by atoms with Crippen LogP contribution in [0.1, 0.15) is 16.8 Å². The van der Waals surface area contributed by atoms with Crippen molar-refractivity contribution >= 4 is 17.2 Å². The number of amides is 1. The summed E-state index contributed by atoms with van der Waals surface area (Å²) < 4.78 is 7.51. The number of nitrogens with zero attached hydrogens (tertiary/aromatic N) is 2. The highest BCUT2D eigenvalue weighted by molar-refractivity contribution is 5.92. The number of pyridine rings is 1. The minimum atomic E-state index is -0.194. The number of ether oxygens (including phenoxy) is 1. The Balaban J connectivity index is 1.68. The molecule has 5 nitrogen and oxygen atoms in total. The van der Waals surface area contributed by atoms with E-state index >= 15 is 0 Å². The summed E-state index contributed by atoms with van der Waals surface area (Å²) in [4.78, 5) is 16.5. The monoisotopic (exact) mass is 309 g/mol. The number of carbonyl (C=O) groups is 1. The van der Waals surface area contributed by atoms with Crippen LogP contribution < -0.4 is 10.1 Å². The van der Waals surface area contributed by atoms with Crippen LogP contribution in [0.5, 0.6) is 5.75 Å². The molecule has 0 unspecified atom stereocenters. The Hall–Kier alpha value is -2.82. The van der Waals surface area contributed by atoms with Gasteiger partial charge in [-0.2, -0.15) is 0 Å². The van der Waals surface area contributed by atoms with Crippen LogP contribution in [0, 0.1) is 20.8 Å². The summed E-state index contributed by atoms with van der Waals surface area (Å²) in [6.45, 7) is 5.86. The molecule has 0 aliphatic carbocycles. The molecule has 23 heavy (non-hydrogen) atoms. The quantitative estimate of drug-likeness (QED) is 0.804. The van der Waals surface area contributed by atoms with E-state index in [1.54, 1.807) is 0 Å². The smallest absolute Gasteiger partial charge is 0.262 e. The van der Waals surface area contributed by atoms with Crippen LogP contribution in [0.15, 0.2) is 42.7 Å². The van der Waals surface area contributed by atoms with Gasteiger partial charge in [-0.3, -0.25) is 4.79 Å². The third kappa shape index (κ3) is 3.51. The second kappa shape index (κ2) is 6.12. The molecule has 5 heteroatoms. The van der Waals surface area contributed by atoms with Gasteiger partial charge in [0.2, 0.25) is 0 Å². The van der Waals surface area contributed by atoms with Crippen molar-refractivity contribution in [3.63, 3.8) is 0 Å². The Bertz CT molecular complexity index is 848. The first-order valence-corrected chi connectivity index (χ1v) is 7.46. The summed E-state index contributed by atoms with van der Waals surface area (Å²) in [7, 11) is 0. The molecule has 0 saturated heterocycles. The molecule has 0 spiro atoms. The average molecular weight is 309 g/mol. The normalized spacial score (nSPS) is 10.7. The van der Waals surface area contributed by atoms with Crippen molar-refractivity contribution in [1.82, 2.24) is 9.38 Å². The highest BCUT2D eigenvalue weighted by Crippen LogP contribution is 2.19. The molecule has 0 radical (unpaired) electrons. The largest absolute Gasteiger partial charge is 0.480 e. The van der Waals surface area contributed by atoms with E-state index in [1.165, 1.54) is 0 Å². The molecule has 1 aromatic carbocycles. The fourth-order valence-electron chi connectivity index (χ4n) is 2.61. The van der Waals surface area contributed by atoms with Crippen LogP contribution >= 0.6 is 0 Å². The van der Waals surface area contributed by atoms with Crippen molar-refractivity contribution in [1.29, 1.82) is 0 Å². The molecule has 2 heterocycles. The Morgan fingerprint density at radius 2 is 1.96 bits per heavy atom. The standard InChI is InChI=1S/C18H19N3O2/c1-12-7-13(2)9-15(8-12)20-17(22)11-23-16-5-4-6-21-10-14(3)19-18(16)21/h4-10H,11H2,1-3H3,(H,20,22). The molecule has 0 saturated carbocycles. The van der Waals surface area contributed by atoms with Crippen LogP contribution in [0.2, 0.25) is 0 Å². The summed E-state index contributed by atoms with van der Waals surface area (Å²) in [5.74, 6) is 0.399. The minimum Gasteiger partial charge on any atom is -0.480 e. The number of aryl methyl sites for hydroxylation is 3. The number of aromatic nitrogens is 2. The minimum absolute atomic E-state index is 0.0570. The fourth-order valence-corrected chi connectivity index (χ4v) is 2.61. The topological polar surface area (TPSA) is 55.6 Å². The van der Waals surface area contributed by atoms with Gasteiger partial charge in [-0.15, -0.1) is 0 Å².